The molecule has 0 aliphatic rings. The number of hydrogen-bond acceptors (Lipinski definition) is 3. The number of rotatable bonds is 4. The Morgan fingerprint density at radius 3 is 1.08 bits per heavy atom. The number of aryl methyl sites for hydroxylation is 2. The summed E-state index contributed by atoms with van der Waals surface area (Å²) in [4.78, 5) is 31.4. The third kappa shape index (κ3) is 7.19. The van der Waals surface area contributed by atoms with Crippen molar-refractivity contribution in [3.8, 4) is 0 Å². The van der Waals surface area contributed by atoms with Crippen molar-refractivity contribution < 1.29 is 14.7 Å². The largest absolute Gasteiger partial charge is 0.404 e. The van der Waals surface area contributed by atoms with Crippen LogP contribution in [0.25, 0.3) is 0 Å². The van der Waals surface area contributed by atoms with Gasteiger partial charge in [0, 0.05) is 0 Å². The van der Waals surface area contributed by atoms with Crippen LogP contribution in [0.4, 0.5) is 0 Å². The lowest BCUT2D eigenvalue weighted by atomic mass is 9.69. The van der Waals surface area contributed by atoms with Crippen molar-refractivity contribution in [2.24, 2.45) is 0 Å². The number of benzene rings is 2. The van der Waals surface area contributed by atoms with Crippen LogP contribution >= 0.6 is 7.94 Å². The van der Waals surface area contributed by atoms with Crippen LogP contribution < -0.4 is 0 Å². The van der Waals surface area contributed by atoms with Gasteiger partial charge in [0.1, 0.15) is 0 Å². The molecule has 0 saturated carbocycles. The summed E-state index contributed by atoms with van der Waals surface area (Å²) in [5.41, 5.74) is 9.04. The van der Waals surface area contributed by atoms with Gasteiger partial charge in [-0.1, -0.05) is 107 Å². The van der Waals surface area contributed by atoms with Crippen LogP contribution in [0.3, 0.4) is 0 Å². The van der Waals surface area contributed by atoms with Gasteiger partial charge < -0.3 is 0 Å². The van der Waals surface area contributed by atoms with Crippen molar-refractivity contribution in [3.05, 3.63) is 68.8 Å². The SMILES string of the molecule is Cc1cc(C(C)(C)C)cc(C(C)(C)C)c1C(C[P+](O)(O)O)c1c(C)cc(C(C)(C)C)cc1C(C)(C)C. The molecule has 0 spiro atoms. The average Bonchev–Trinajstić information content (AvgIpc) is 2.61. The monoisotopic (exact) mass is 515 g/mol. The zero-order chi connectivity index (χ0) is 28.2. The molecule has 4 heteroatoms. The molecule has 2 rings (SSSR count). The van der Waals surface area contributed by atoms with Crippen LogP contribution in [0.15, 0.2) is 24.3 Å². The van der Waals surface area contributed by atoms with E-state index in [4.69, 9.17) is 0 Å². The van der Waals surface area contributed by atoms with E-state index in [9.17, 15) is 14.7 Å². The van der Waals surface area contributed by atoms with Gasteiger partial charge in [0.05, 0.1) is 5.92 Å². The summed E-state index contributed by atoms with van der Waals surface area (Å²) in [5, 5.41) is 0. The van der Waals surface area contributed by atoms with Crippen LogP contribution in [-0.2, 0) is 21.7 Å². The minimum absolute atomic E-state index is 0.0126. The highest BCUT2D eigenvalue weighted by atomic mass is 31.2. The Kier molecular flexibility index (Phi) is 8.44. The van der Waals surface area contributed by atoms with Crippen molar-refractivity contribution in [1.29, 1.82) is 0 Å². The molecule has 3 N–H and O–H groups in total. The third-order valence-corrected chi connectivity index (χ3v) is 8.10. The van der Waals surface area contributed by atoms with E-state index in [-0.39, 0.29) is 33.7 Å². The highest BCUT2D eigenvalue weighted by Gasteiger charge is 2.41. The van der Waals surface area contributed by atoms with Crippen molar-refractivity contribution in [1.82, 2.24) is 0 Å². The second kappa shape index (κ2) is 9.81. The van der Waals surface area contributed by atoms with Crippen LogP contribution in [0.5, 0.6) is 0 Å². The Morgan fingerprint density at radius 1 is 0.556 bits per heavy atom. The van der Waals surface area contributed by atoms with Gasteiger partial charge >= 0.3 is 7.94 Å². The second-order valence-electron chi connectivity index (χ2n) is 14.9. The Bertz CT molecular complexity index is 1010. The highest BCUT2D eigenvalue weighted by Crippen LogP contribution is 2.54. The summed E-state index contributed by atoms with van der Waals surface area (Å²) < 4.78 is 0. The van der Waals surface area contributed by atoms with Crippen molar-refractivity contribution in [3.63, 3.8) is 0 Å². The van der Waals surface area contributed by atoms with Gasteiger partial charge in [-0.15, -0.1) is 0 Å². The topological polar surface area (TPSA) is 60.7 Å². The Morgan fingerprint density at radius 2 is 0.861 bits per heavy atom. The van der Waals surface area contributed by atoms with Crippen molar-refractivity contribution in [2.75, 3.05) is 6.16 Å². The van der Waals surface area contributed by atoms with Crippen LogP contribution in [-0.4, -0.2) is 20.8 Å². The molecule has 202 valence electrons. The quantitative estimate of drug-likeness (QED) is 0.359. The molecule has 3 nitrogen and oxygen atoms in total. The van der Waals surface area contributed by atoms with Gasteiger partial charge in [-0.25, -0.2) is 0 Å². The summed E-state index contributed by atoms with van der Waals surface area (Å²) in [6.07, 6.45) is -0.0927. The molecule has 2 aromatic rings. The minimum Gasteiger partial charge on any atom is -0.193 e. The van der Waals surface area contributed by atoms with Gasteiger partial charge in [-0.3, -0.25) is 0 Å². The summed E-state index contributed by atoms with van der Waals surface area (Å²) in [6.45, 7) is 30.9. The molecule has 0 aliphatic heterocycles. The Balaban J connectivity index is 3.09. The van der Waals surface area contributed by atoms with Crippen molar-refractivity contribution >= 4 is 7.94 Å². The lowest BCUT2D eigenvalue weighted by molar-refractivity contribution is 0.328. The summed E-state index contributed by atoms with van der Waals surface area (Å²) in [7, 11) is -4.08. The van der Waals surface area contributed by atoms with E-state index >= 15 is 0 Å². The van der Waals surface area contributed by atoms with E-state index in [1.54, 1.807) is 0 Å². The molecule has 0 saturated heterocycles. The fraction of sp³-hybridized carbons (Fsp3) is 0.625. The van der Waals surface area contributed by atoms with Crippen LogP contribution in [0.2, 0.25) is 0 Å². The maximum atomic E-state index is 10.5. The molecule has 0 aliphatic carbocycles. The summed E-state index contributed by atoms with van der Waals surface area (Å²) >= 11 is 0. The van der Waals surface area contributed by atoms with Crippen molar-refractivity contribution in [2.45, 2.75) is 125 Å². The Hall–Kier alpha value is -1.25. The Labute approximate surface area is 222 Å². The van der Waals surface area contributed by atoms with E-state index in [0.29, 0.717) is 0 Å². The van der Waals surface area contributed by atoms with E-state index in [0.717, 1.165) is 22.3 Å². The summed E-state index contributed by atoms with van der Waals surface area (Å²) in [6, 6.07) is 9.10. The fourth-order valence-corrected chi connectivity index (χ4v) is 6.06. The molecule has 0 heterocycles. The van der Waals surface area contributed by atoms with Crippen LogP contribution in [0, 0.1) is 13.8 Å². The molecule has 0 amide bonds. The zero-order valence-corrected chi connectivity index (χ0v) is 26.3. The molecule has 0 bridgehead atoms. The first-order valence-corrected chi connectivity index (χ1v) is 15.0. The molecule has 0 atom stereocenters. The molecular weight excluding hydrogens is 463 g/mol. The first-order chi connectivity index (χ1) is 15.8. The van der Waals surface area contributed by atoms with Gasteiger partial charge in [0.2, 0.25) is 0 Å². The average molecular weight is 516 g/mol. The first kappa shape index (κ1) is 31.0. The van der Waals surface area contributed by atoms with E-state index in [1.807, 2.05) is 0 Å². The zero-order valence-electron chi connectivity index (χ0n) is 25.4. The van der Waals surface area contributed by atoms with E-state index < -0.39 is 7.94 Å². The molecule has 0 fully saturated rings. The van der Waals surface area contributed by atoms with Gasteiger partial charge in [0.25, 0.3) is 0 Å². The molecule has 0 unspecified atom stereocenters. The standard InChI is InChI=1S/C32H52O3P/c1-20-15-22(29(3,4)5)17-25(31(9,10)11)27(20)24(19-36(33,34)35)28-21(2)16-23(30(6,7)8)18-26(28)32(12,13)14/h15-18,24,33-35H,19H2,1-14H3/q+1. The normalized spacial score (nSPS) is 14.1. The van der Waals surface area contributed by atoms with Gasteiger partial charge in [-0.05, 0) is 80.0 Å². The minimum atomic E-state index is -4.08. The lowest BCUT2D eigenvalue weighted by Crippen LogP contribution is -2.26. The van der Waals surface area contributed by atoms with Crippen LogP contribution in [0.1, 0.15) is 134 Å². The third-order valence-electron chi connectivity index (χ3n) is 7.25. The fourth-order valence-electron chi connectivity index (χ4n) is 5.20. The molecule has 36 heavy (non-hydrogen) atoms. The van der Waals surface area contributed by atoms with Gasteiger partial charge in [0.15, 0.2) is 6.16 Å². The maximum Gasteiger partial charge on any atom is 0.404 e. The smallest absolute Gasteiger partial charge is 0.193 e. The maximum absolute atomic E-state index is 10.5. The number of hydrogen-bond donors (Lipinski definition) is 3. The highest BCUT2D eigenvalue weighted by molar-refractivity contribution is 7.58. The second-order valence-corrected chi connectivity index (χ2v) is 16.7. The summed E-state index contributed by atoms with van der Waals surface area (Å²) in [5.74, 6) is -0.343. The molecular formula is C32H52O3P+. The predicted molar refractivity (Wildman–Crippen MR) is 157 cm³/mol. The molecule has 2 aromatic carbocycles. The van der Waals surface area contributed by atoms with Gasteiger partial charge in [-0.2, -0.15) is 14.7 Å². The molecule has 0 aromatic heterocycles. The van der Waals surface area contributed by atoms with E-state index in [1.165, 1.54) is 22.3 Å². The predicted octanol–water partition coefficient (Wildman–Crippen LogP) is 8.36. The van der Waals surface area contributed by atoms with E-state index in [2.05, 4.69) is 121 Å². The first-order valence-electron chi connectivity index (χ1n) is 13.2. The molecule has 0 radical (unpaired) electrons. The lowest BCUT2D eigenvalue weighted by Gasteiger charge is -2.36.